The fraction of sp³-hybridized carbons (Fsp3) is 0.111. The van der Waals surface area contributed by atoms with Gasteiger partial charge in [0, 0.05) is 17.1 Å². The lowest BCUT2D eigenvalue weighted by atomic mass is 10.2. The Kier molecular flexibility index (Phi) is 5.26. The number of aromatic amines is 2. The van der Waals surface area contributed by atoms with Crippen LogP contribution in [0.15, 0.2) is 33.9 Å². The predicted molar refractivity (Wildman–Crippen MR) is 109 cm³/mol. The number of rotatable bonds is 4. The van der Waals surface area contributed by atoms with Crippen LogP contribution in [-0.4, -0.2) is 19.5 Å². The largest absolute Gasteiger partial charge is 0.357 e. The highest BCUT2D eigenvalue weighted by Gasteiger charge is 2.19. The quantitative estimate of drug-likeness (QED) is 0.492. The monoisotopic (exact) mass is 420 g/mol. The first-order valence-electron chi connectivity index (χ1n) is 8.02. The van der Waals surface area contributed by atoms with E-state index in [9.17, 15) is 19.7 Å². The number of nitro groups is 1. The van der Waals surface area contributed by atoms with E-state index >= 15 is 0 Å². The van der Waals surface area contributed by atoms with Crippen molar-refractivity contribution in [3.63, 3.8) is 0 Å². The highest BCUT2D eigenvalue weighted by Crippen LogP contribution is 2.28. The summed E-state index contributed by atoms with van der Waals surface area (Å²) < 4.78 is 1.94. The molecule has 0 bridgehead atoms. The molecule has 3 rings (SSSR count). The molecule has 0 aliphatic heterocycles. The summed E-state index contributed by atoms with van der Waals surface area (Å²) in [7, 11) is 0. The van der Waals surface area contributed by atoms with Gasteiger partial charge in [-0.15, -0.1) is 0 Å². The normalized spacial score (nSPS) is 11.3. The number of hydrogen-bond acceptors (Lipinski definition) is 4. The van der Waals surface area contributed by atoms with E-state index in [1.54, 1.807) is 18.2 Å². The van der Waals surface area contributed by atoms with Crippen molar-refractivity contribution in [2.24, 2.45) is 0 Å². The molecule has 0 radical (unpaired) electrons. The van der Waals surface area contributed by atoms with E-state index in [0.29, 0.717) is 10.0 Å². The Morgan fingerprint density at radius 1 is 1.07 bits per heavy atom. The number of nitrogens with one attached hydrogen (secondary N) is 2. The van der Waals surface area contributed by atoms with Crippen LogP contribution >= 0.6 is 23.2 Å². The Labute approximate surface area is 168 Å². The first-order chi connectivity index (χ1) is 13.2. The Morgan fingerprint density at radius 2 is 1.79 bits per heavy atom. The summed E-state index contributed by atoms with van der Waals surface area (Å²) in [6.07, 6.45) is 2.92. The molecule has 0 saturated carbocycles. The van der Waals surface area contributed by atoms with Crippen LogP contribution in [0.1, 0.15) is 22.6 Å². The zero-order valence-corrected chi connectivity index (χ0v) is 16.3. The van der Waals surface area contributed by atoms with Gasteiger partial charge >= 0.3 is 16.9 Å². The third-order valence-electron chi connectivity index (χ3n) is 4.19. The molecule has 2 heterocycles. The van der Waals surface area contributed by atoms with Gasteiger partial charge in [-0.2, -0.15) is 0 Å². The Morgan fingerprint density at radius 3 is 2.43 bits per heavy atom. The average molecular weight is 421 g/mol. The topological polar surface area (TPSA) is 114 Å². The molecular weight excluding hydrogens is 407 g/mol. The molecule has 2 aromatic heterocycles. The molecule has 10 heteroatoms. The summed E-state index contributed by atoms with van der Waals surface area (Å²) >= 11 is 12.1. The first-order valence-corrected chi connectivity index (χ1v) is 8.78. The summed E-state index contributed by atoms with van der Waals surface area (Å²) in [5, 5.41) is 12.0. The van der Waals surface area contributed by atoms with Crippen molar-refractivity contribution in [3.05, 3.63) is 87.9 Å². The van der Waals surface area contributed by atoms with Crippen molar-refractivity contribution < 1.29 is 4.92 Å². The lowest BCUT2D eigenvalue weighted by molar-refractivity contribution is -0.386. The summed E-state index contributed by atoms with van der Waals surface area (Å²) in [4.78, 5) is 37.6. The van der Waals surface area contributed by atoms with Crippen LogP contribution in [0.5, 0.6) is 0 Å². The van der Waals surface area contributed by atoms with Gasteiger partial charge in [-0.25, -0.2) is 4.79 Å². The second-order valence-electron chi connectivity index (χ2n) is 6.02. The maximum absolute atomic E-state index is 11.7. The molecule has 3 aromatic rings. The Hall–Kier alpha value is -3.10. The fourth-order valence-corrected chi connectivity index (χ4v) is 3.24. The van der Waals surface area contributed by atoms with Crippen molar-refractivity contribution in [3.8, 4) is 5.69 Å². The molecule has 0 spiro atoms. The molecule has 8 nitrogen and oxygen atoms in total. The number of nitrogens with zero attached hydrogens (tertiary/aromatic N) is 2. The minimum absolute atomic E-state index is 0.182. The smallest absolute Gasteiger partial charge is 0.318 e. The average Bonchev–Trinajstić information content (AvgIpc) is 2.88. The van der Waals surface area contributed by atoms with Gasteiger partial charge in [0.2, 0.25) is 0 Å². The van der Waals surface area contributed by atoms with Gasteiger partial charge in [-0.3, -0.25) is 19.9 Å². The Balaban J connectivity index is 2.08. The molecule has 0 fully saturated rings. The summed E-state index contributed by atoms with van der Waals surface area (Å²) in [5.41, 5.74) is 0.489. The van der Waals surface area contributed by atoms with Crippen molar-refractivity contribution in [1.82, 2.24) is 14.5 Å². The first kappa shape index (κ1) is 19.7. The van der Waals surface area contributed by atoms with E-state index in [1.807, 2.05) is 35.5 Å². The van der Waals surface area contributed by atoms with Crippen LogP contribution in [0.2, 0.25) is 10.0 Å². The lowest BCUT2D eigenvalue weighted by Crippen LogP contribution is -2.25. The fourth-order valence-electron chi connectivity index (χ4n) is 2.95. The van der Waals surface area contributed by atoms with E-state index in [4.69, 9.17) is 23.2 Å². The molecule has 0 aliphatic carbocycles. The van der Waals surface area contributed by atoms with Crippen LogP contribution in [-0.2, 0) is 0 Å². The van der Waals surface area contributed by atoms with Crippen LogP contribution in [0.4, 0.5) is 5.69 Å². The van der Waals surface area contributed by atoms with Crippen LogP contribution < -0.4 is 11.2 Å². The van der Waals surface area contributed by atoms with Crippen molar-refractivity contribution in [2.75, 3.05) is 0 Å². The zero-order chi connectivity index (χ0) is 20.6. The molecule has 0 saturated heterocycles. The highest BCUT2D eigenvalue weighted by atomic mass is 35.5. The van der Waals surface area contributed by atoms with Gasteiger partial charge in [0.25, 0.3) is 0 Å². The molecule has 2 N–H and O–H groups in total. The summed E-state index contributed by atoms with van der Waals surface area (Å²) in [5.74, 6) is 0. The van der Waals surface area contributed by atoms with Crippen molar-refractivity contribution in [2.45, 2.75) is 13.8 Å². The van der Waals surface area contributed by atoms with Gasteiger partial charge < -0.3 is 9.55 Å². The molecule has 28 heavy (non-hydrogen) atoms. The molecule has 144 valence electrons. The second-order valence-corrected chi connectivity index (χ2v) is 6.84. The summed E-state index contributed by atoms with van der Waals surface area (Å²) in [6.45, 7) is 3.76. The minimum atomic E-state index is -1.06. The third kappa shape index (κ3) is 3.64. The molecule has 0 aliphatic rings. The van der Waals surface area contributed by atoms with E-state index in [0.717, 1.165) is 22.6 Å². The van der Waals surface area contributed by atoms with Gasteiger partial charge in [0.05, 0.1) is 15.0 Å². The van der Waals surface area contributed by atoms with Crippen molar-refractivity contribution in [1.29, 1.82) is 0 Å². The standard InChI is InChI=1S/C18H14Cl2N4O4/c1-9-7-11(10(2)23(9)12-4-5-13(19)14(20)8-12)3-6-15-16(24(27)28)17(25)22-18(26)21-15/h3-8H,1-2H3,(H2,21,22,25,26)/b6-3+. The highest BCUT2D eigenvalue weighted by molar-refractivity contribution is 6.42. The number of aryl methyl sites for hydroxylation is 1. The number of aromatic nitrogens is 3. The molecule has 0 unspecified atom stereocenters. The third-order valence-corrected chi connectivity index (χ3v) is 4.93. The van der Waals surface area contributed by atoms with Crippen LogP contribution in [0, 0.1) is 24.0 Å². The number of H-pyrrole nitrogens is 2. The van der Waals surface area contributed by atoms with E-state index in [-0.39, 0.29) is 5.69 Å². The SMILES string of the molecule is Cc1cc(/C=C/c2[nH]c(=O)[nH]c(=O)c2[N+](=O)[O-])c(C)n1-c1ccc(Cl)c(Cl)c1. The number of benzene rings is 1. The second kappa shape index (κ2) is 7.49. The number of halogens is 2. The van der Waals surface area contributed by atoms with Gasteiger partial charge in [0.1, 0.15) is 5.69 Å². The lowest BCUT2D eigenvalue weighted by Gasteiger charge is -2.10. The molecule has 0 atom stereocenters. The van der Waals surface area contributed by atoms with Gasteiger partial charge in [-0.1, -0.05) is 29.3 Å². The van der Waals surface area contributed by atoms with E-state index < -0.39 is 21.9 Å². The molecule has 1 aromatic carbocycles. The maximum Gasteiger partial charge on any atom is 0.357 e. The van der Waals surface area contributed by atoms with E-state index in [1.165, 1.54) is 6.08 Å². The summed E-state index contributed by atoms with van der Waals surface area (Å²) in [6, 6.07) is 7.11. The molecular formula is C18H14Cl2N4O4. The van der Waals surface area contributed by atoms with Gasteiger partial charge in [-0.05, 0) is 49.8 Å². The van der Waals surface area contributed by atoms with Crippen LogP contribution in [0.3, 0.4) is 0 Å². The predicted octanol–water partition coefficient (Wildman–Crippen LogP) is 3.86. The molecule has 0 amide bonds. The Bertz CT molecular complexity index is 1240. The van der Waals surface area contributed by atoms with E-state index in [2.05, 4.69) is 4.98 Å². The maximum atomic E-state index is 11.7. The zero-order valence-electron chi connectivity index (χ0n) is 14.7. The van der Waals surface area contributed by atoms with Gasteiger partial charge in [0.15, 0.2) is 0 Å². The van der Waals surface area contributed by atoms with Crippen LogP contribution in [0.25, 0.3) is 17.8 Å². The minimum Gasteiger partial charge on any atom is -0.318 e. The van der Waals surface area contributed by atoms with Crippen molar-refractivity contribution >= 4 is 41.0 Å². The number of hydrogen-bond donors (Lipinski definition) is 2.